The zero-order valence-corrected chi connectivity index (χ0v) is 15.9. The number of hydrogen-bond donors (Lipinski definition) is 1. The smallest absolute Gasteiger partial charge is 0.245 e. The van der Waals surface area contributed by atoms with Gasteiger partial charge in [0, 0.05) is 25.2 Å². The van der Waals surface area contributed by atoms with Crippen molar-refractivity contribution < 1.29 is 4.79 Å². The van der Waals surface area contributed by atoms with Gasteiger partial charge < -0.3 is 5.32 Å². The van der Waals surface area contributed by atoms with Crippen molar-refractivity contribution in [3.8, 4) is 0 Å². The third-order valence-electron chi connectivity index (χ3n) is 4.47. The largest absolute Gasteiger partial charge is 0.354 e. The van der Waals surface area contributed by atoms with Gasteiger partial charge >= 0.3 is 0 Å². The third kappa shape index (κ3) is 4.99. The number of nitrogens with one attached hydrogen (secondary N) is 1. The molecule has 0 saturated carbocycles. The fraction of sp³-hybridized carbons (Fsp3) is 0.421. The molecule has 2 atom stereocenters. The van der Waals surface area contributed by atoms with Gasteiger partial charge in [0.2, 0.25) is 5.91 Å². The molecule has 27 heavy (non-hydrogen) atoms. The van der Waals surface area contributed by atoms with Gasteiger partial charge in [0.25, 0.3) is 0 Å². The highest BCUT2D eigenvalue weighted by Gasteiger charge is 2.22. The molecule has 142 valence electrons. The van der Waals surface area contributed by atoms with Crippen LogP contribution in [0.4, 0.5) is 0 Å². The minimum atomic E-state index is -0.483. The van der Waals surface area contributed by atoms with E-state index in [2.05, 4.69) is 38.9 Å². The Bertz CT molecular complexity index is 858. The minimum Gasteiger partial charge on any atom is -0.354 e. The SMILES string of the molecule is Cc1cc(C)n(C[C@@H](C)CNC(=O)[C@H](Cc2ccccc2)n2cnnn2)n1. The lowest BCUT2D eigenvalue weighted by Gasteiger charge is -2.19. The van der Waals surface area contributed by atoms with E-state index >= 15 is 0 Å². The number of aryl methyl sites for hydroxylation is 2. The summed E-state index contributed by atoms with van der Waals surface area (Å²) < 4.78 is 3.49. The Hall–Kier alpha value is -3.03. The van der Waals surface area contributed by atoms with E-state index in [1.807, 2.05) is 48.9 Å². The molecular weight excluding hydrogens is 342 g/mol. The fourth-order valence-corrected chi connectivity index (χ4v) is 3.07. The number of aromatic nitrogens is 6. The molecule has 3 aromatic rings. The Morgan fingerprint density at radius 3 is 2.63 bits per heavy atom. The van der Waals surface area contributed by atoms with Crippen LogP contribution in [0.15, 0.2) is 42.7 Å². The average Bonchev–Trinajstić information content (AvgIpc) is 3.28. The van der Waals surface area contributed by atoms with Gasteiger partial charge in [-0.1, -0.05) is 37.3 Å². The van der Waals surface area contributed by atoms with Crippen molar-refractivity contribution >= 4 is 5.91 Å². The van der Waals surface area contributed by atoms with Crippen LogP contribution in [0.25, 0.3) is 0 Å². The number of carbonyl (C=O) groups is 1. The minimum absolute atomic E-state index is 0.0913. The number of hydrogen-bond acceptors (Lipinski definition) is 5. The second-order valence-electron chi connectivity index (χ2n) is 6.95. The van der Waals surface area contributed by atoms with Crippen LogP contribution < -0.4 is 5.32 Å². The number of tetrazole rings is 1. The number of carbonyl (C=O) groups excluding carboxylic acids is 1. The summed E-state index contributed by atoms with van der Waals surface area (Å²) in [4.78, 5) is 12.8. The van der Waals surface area contributed by atoms with Crippen molar-refractivity contribution in [2.75, 3.05) is 6.54 Å². The molecule has 0 aliphatic rings. The van der Waals surface area contributed by atoms with E-state index in [1.165, 1.54) is 11.0 Å². The molecule has 2 heterocycles. The summed E-state index contributed by atoms with van der Waals surface area (Å²) >= 11 is 0. The molecule has 0 unspecified atom stereocenters. The topological polar surface area (TPSA) is 90.5 Å². The van der Waals surface area contributed by atoms with E-state index in [9.17, 15) is 4.79 Å². The standard InChI is InChI=1S/C19H25N7O/c1-14(12-25-16(3)9-15(2)22-25)11-20-19(27)18(26-13-21-23-24-26)10-17-7-5-4-6-8-17/h4-9,13-14,18H,10-12H2,1-3H3,(H,20,27)/t14-,18-/m0/s1. The van der Waals surface area contributed by atoms with Crippen molar-refractivity contribution in [2.24, 2.45) is 5.92 Å². The second kappa shape index (κ2) is 8.57. The van der Waals surface area contributed by atoms with Crippen LogP contribution in [0.5, 0.6) is 0 Å². The number of benzene rings is 1. The molecular formula is C19H25N7O. The number of rotatable bonds is 8. The quantitative estimate of drug-likeness (QED) is 0.655. The van der Waals surface area contributed by atoms with Gasteiger partial charge in [0.05, 0.1) is 5.69 Å². The molecule has 0 fully saturated rings. The van der Waals surface area contributed by atoms with E-state index < -0.39 is 6.04 Å². The molecule has 8 nitrogen and oxygen atoms in total. The van der Waals surface area contributed by atoms with Crippen LogP contribution in [0, 0.1) is 19.8 Å². The first-order valence-corrected chi connectivity index (χ1v) is 9.08. The van der Waals surface area contributed by atoms with Crippen LogP contribution in [-0.4, -0.2) is 42.4 Å². The lowest BCUT2D eigenvalue weighted by atomic mass is 10.1. The van der Waals surface area contributed by atoms with Gasteiger partial charge in [-0.25, -0.2) is 4.68 Å². The Kier molecular flexibility index (Phi) is 5.95. The van der Waals surface area contributed by atoms with Gasteiger partial charge in [-0.05, 0) is 41.8 Å². The van der Waals surface area contributed by atoms with Crippen LogP contribution in [0.3, 0.4) is 0 Å². The van der Waals surface area contributed by atoms with Crippen molar-refractivity contribution in [3.63, 3.8) is 0 Å². The van der Waals surface area contributed by atoms with Gasteiger partial charge in [-0.15, -0.1) is 5.10 Å². The predicted molar refractivity (Wildman–Crippen MR) is 101 cm³/mol. The normalized spacial score (nSPS) is 13.3. The second-order valence-corrected chi connectivity index (χ2v) is 6.95. The molecule has 8 heteroatoms. The summed E-state index contributed by atoms with van der Waals surface area (Å²) in [6, 6.07) is 11.4. The number of nitrogens with zero attached hydrogens (tertiary/aromatic N) is 6. The van der Waals surface area contributed by atoms with Gasteiger partial charge in [-0.2, -0.15) is 5.10 Å². The average molecular weight is 367 g/mol. The summed E-state index contributed by atoms with van der Waals surface area (Å²) in [6.45, 7) is 7.44. The highest BCUT2D eigenvalue weighted by molar-refractivity contribution is 5.80. The first-order chi connectivity index (χ1) is 13.0. The van der Waals surface area contributed by atoms with Crippen molar-refractivity contribution in [2.45, 2.75) is 39.8 Å². The Labute approximate surface area is 158 Å². The van der Waals surface area contributed by atoms with Crippen LogP contribution in [-0.2, 0) is 17.8 Å². The molecule has 0 aliphatic heterocycles. The van der Waals surface area contributed by atoms with Crippen molar-refractivity contribution in [1.29, 1.82) is 0 Å². The van der Waals surface area contributed by atoms with E-state index in [4.69, 9.17) is 0 Å². The maximum Gasteiger partial charge on any atom is 0.245 e. The maximum atomic E-state index is 12.8. The van der Waals surface area contributed by atoms with Gasteiger partial charge in [0.15, 0.2) is 0 Å². The Balaban J connectivity index is 1.61. The number of amides is 1. The first-order valence-electron chi connectivity index (χ1n) is 9.08. The van der Waals surface area contributed by atoms with Gasteiger partial charge in [-0.3, -0.25) is 9.48 Å². The van der Waals surface area contributed by atoms with E-state index in [1.54, 1.807) is 0 Å². The van der Waals surface area contributed by atoms with E-state index in [0.717, 1.165) is 23.5 Å². The molecule has 2 aromatic heterocycles. The highest BCUT2D eigenvalue weighted by atomic mass is 16.2. The lowest BCUT2D eigenvalue weighted by molar-refractivity contribution is -0.124. The fourth-order valence-electron chi connectivity index (χ4n) is 3.07. The van der Waals surface area contributed by atoms with Crippen molar-refractivity contribution in [3.05, 3.63) is 59.7 Å². The summed E-state index contributed by atoms with van der Waals surface area (Å²) in [5, 5.41) is 18.8. The maximum absolute atomic E-state index is 12.8. The Morgan fingerprint density at radius 1 is 1.22 bits per heavy atom. The Morgan fingerprint density at radius 2 is 2.00 bits per heavy atom. The molecule has 0 radical (unpaired) electrons. The molecule has 0 aliphatic carbocycles. The zero-order valence-electron chi connectivity index (χ0n) is 15.9. The molecule has 0 bridgehead atoms. The molecule has 3 rings (SSSR count). The molecule has 0 spiro atoms. The predicted octanol–water partition coefficient (Wildman–Crippen LogP) is 1.72. The summed E-state index contributed by atoms with van der Waals surface area (Å²) in [5.41, 5.74) is 3.19. The highest BCUT2D eigenvalue weighted by Crippen LogP contribution is 2.14. The van der Waals surface area contributed by atoms with Crippen molar-refractivity contribution in [1.82, 2.24) is 35.3 Å². The van der Waals surface area contributed by atoms with E-state index in [-0.39, 0.29) is 11.8 Å². The zero-order chi connectivity index (χ0) is 19.2. The van der Waals surface area contributed by atoms with Gasteiger partial charge in [0.1, 0.15) is 12.4 Å². The van der Waals surface area contributed by atoms with Crippen LogP contribution in [0.2, 0.25) is 0 Å². The summed E-state index contributed by atoms with van der Waals surface area (Å²) in [7, 11) is 0. The lowest BCUT2D eigenvalue weighted by Crippen LogP contribution is -2.37. The molecule has 1 aromatic carbocycles. The third-order valence-corrected chi connectivity index (χ3v) is 4.47. The monoisotopic (exact) mass is 367 g/mol. The first kappa shape index (κ1) is 18.8. The molecule has 0 saturated heterocycles. The van der Waals surface area contributed by atoms with Crippen LogP contribution >= 0.6 is 0 Å². The van der Waals surface area contributed by atoms with Crippen LogP contribution in [0.1, 0.15) is 29.9 Å². The summed E-state index contributed by atoms with van der Waals surface area (Å²) in [5.74, 6) is 0.157. The summed E-state index contributed by atoms with van der Waals surface area (Å²) in [6.07, 6.45) is 2.01. The molecule has 1 N–H and O–H groups in total. The molecule has 1 amide bonds. The van der Waals surface area contributed by atoms with E-state index in [0.29, 0.717) is 13.0 Å².